The molecule has 0 saturated carbocycles. The number of hydrogen-bond donors (Lipinski definition) is 1. The summed E-state index contributed by atoms with van der Waals surface area (Å²) in [7, 11) is 0. The molecule has 0 aliphatic carbocycles. The van der Waals surface area contributed by atoms with Gasteiger partial charge in [0.1, 0.15) is 5.82 Å². The zero-order chi connectivity index (χ0) is 14.8. The fourth-order valence-electron chi connectivity index (χ4n) is 3.14. The molecule has 3 heteroatoms. The van der Waals surface area contributed by atoms with E-state index in [1.807, 2.05) is 12.1 Å². The minimum Gasteiger partial charge on any atom is -0.335 e. The van der Waals surface area contributed by atoms with Gasteiger partial charge in [-0.05, 0) is 43.1 Å². The van der Waals surface area contributed by atoms with Crippen LogP contribution in [-0.2, 0) is 13.0 Å². The third-order valence-electron chi connectivity index (χ3n) is 4.08. The zero-order valence-corrected chi connectivity index (χ0v) is 12.6. The van der Waals surface area contributed by atoms with Crippen LogP contribution in [0.1, 0.15) is 25.0 Å². The lowest BCUT2D eigenvalue weighted by Crippen LogP contribution is -2.27. The maximum absolute atomic E-state index is 14.5. The van der Waals surface area contributed by atoms with Crippen LogP contribution in [0.3, 0.4) is 0 Å². The third-order valence-corrected chi connectivity index (χ3v) is 4.08. The molecule has 0 fully saturated rings. The molecule has 0 bridgehead atoms. The largest absolute Gasteiger partial charge is 0.335 e. The molecule has 0 saturated heterocycles. The molecule has 2 aromatic carbocycles. The highest BCUT2D eigenvalue weighted by Crippen LogP contribution is 2.40. The molecule has 0 spiro atoms. The number of anilines is 2. The fourth-order valence-corrected chi connectivity index (χ4v) is 3.14. The maximum Gasteiger partial charge on any atom is 0.147 e. The number of nitrogens with zero attached hydrogens (tertiary/aromatic N) is 1. The highest BCUT2D eigenvalue weighted by atomic mass is 19.1. The van der Waals surface area contributed by atoms with Crippen LogP contribution in [-0.4, -0.2) is 12.6 Å². The minimum absolute atomic E-state index is 0.144. The highest BCUT2D eigenvalue weighted by Gasteiger charge is 2.30. The summed E-state index contributed by atoms with van der Waals surface area (Å²) >= 11 is 0. The molecule has 110 valence electrons. The van der Waals surface area contributed by atoms with Crippen LogP contribution in [0, 0.1) is 5.82 Å². The summed E-state index contributed by atoms with van der Waals surface area (Å²) in [5.74, 6) is -0.144. The Morgan fingerprint density at radius 2 is 2.00 bits per heavy atom. The summed E-state index contributed by atoms with van der Waals surface area (Å²) in [6, 6.07) is 13.9. The van der Waals surface area contributed by atoms with Gasteiger partial charge in [-0.1, -0.05) is 37.3 Å². The highest BCUT2D eigenvalue weighted by molar-refractivity contribution is 5.73. The van der Waals surface area contributed by atoms with E-state index in [-0.39, 0.29) is 11.9 Å². The van der Waals surface area contributed by atoms with Gasteiger partial charge in [0.25, 0.3) is 0 Å². The Balaban J connectivity index is 2.08. The molecule has 1 aliphatic rings. The van der Waals surface area contributed by atoms with E-state index < -0.39 is 0 Å². The van der Waals surface area contributed by atoms with Crippen molar-refractivity contribution in [3.8, 4) is 0 Å². The molecule has 1 unspecified atom stereocenters. The molecular weight excluding hydrogens is 263 g/mol. The molecule has 0 aromatic heterocycles. The van der Waals surface area contributed by atoms with Gasteiger partial charge in [0, 0.05) is 18.3 Å². The molecule has 2 aromatic rings. The van der Waals surface area contributed by atoms with E-state index in [4.69, 9.17) is 0 Å². The lowest BCUT2D eigenvalue weighted by Gasteiger charge is -2.28. The van der Waals surface area contributed by atoms with Crippen molar-refractivity contribution in [3.05, 3.63) is 59.4 Å². The maximum atomic E-state index is 14.5. The topological polar surface area (TPSA) is 15.3 Å². The Morgan fingerprint density at radius 3 is 2.81 bits per heavy atom. The van der Waals surface area contributed by atoms with E-state index in [9.17, 15) is 4.39 Å². The van der Waals surface area contributed by atoms with Crippen molar-refractivity contribution < 1.29 is 4.39 Å². The van der Waals surface area contributed by atoms with Gasteiger partial charge in [-0.2, -0.15) is 0 Å². The summed E-state index contributed by atoms with van der Waals surface area (Å²) in [6.07, 6.45) is 0.963. The van der Waals surface area contributed by atoms with E-state index >= 15 is 0 Å². The number of halogens is 1. The van der Waals surface area contributed by atoms with Crippen LogP contribution in [0.2, 0.25) is 0 Å². The van der Waals surface area contributed by atoms with Crippen molar-refractivity contribution in [1.29, 1.82) is 0 Å². The van der Waals surface area contributed by atoms with Gasteiger partial charge in [0.2, 0.25) is 0 Å². The summed E-state index contributed by atoms with van der Waals surface area (Å²) in [5.41, 5.74) is 4.16. The van der Waals surface area contributed by atoms with Crippen LogP contribution >= 0.6 is 0 Å². The molecule has 2 nitrogen and oxygen atoms in total. The van der Waals surface area contributed by atoms with Crippen LogP contribution in [0.25, 0.3) is 0 Å². The monoisotopic (exact) mass is 284 g/mol. The average molecular weight is 284 g/mol. The standard InChI is InChI=1S/C18H21FN2/c1-3-20-12-15-8-6-9-16(19)18(15)21-13(2)11-14-7-4-5-10-17(14)21/h4-10,13,20H,3,11-12H2,1-2H3. The van der Waals surface area contributed by atoms with Gasteiger partial charge < -0.3 is 10.2 Å². The molecular formula is C18H21FN2. The summed E-state index contributed by atoms with van der Waals surface area (Å²) in [4.78, 5) is 2.15. The fraction of sp³-hybridized carbons (Fsp3) is 0.333. The van der Waals surface area contributed by atoms with Gasteiger partial charge >= 0.3 is 0 Å². The summed E-state index contributed by atoms with van der Waals surface area (Å²) < 4.78 is 14.5. The Kier molecular flexibility index (Phi) is 3.93. The van der Waals surface area contributed by atoms with Gasteiger partial charge in [-0.15, -0.1) is 0 Å². The lowest BCUT2D eigenvalue weighted by atomic mass is 10.1. The van der Waals surface area contributed by atoms with Crippen LogP contribution in [0.4, 0.5) is 15.8 Å². The van der Waals surface area contributed by atoms with Crippen molar-refractivity contribution in [2.75, 3.05) is 11.4 Å². The Hall–Kier alpha value is -1.87. The molecule has 21 heavy (non-hydrogen) atoms. The van der Waals surface area contributed by atoms with Crippen molar-refractivity contribution >= 4 is 11.4 Å². The average Bonchev–Trinajstić information content (AvgIpc) is 2.81. The van der Waals surface area contributed by atoms with E-state index in [1.165, 1.54) is 5.56 Å². The van der Waals surface area contributed by atoms with Gasteiger partial charge in [-0.3, -0.25) is 0 Å². The van der Waals surface area contributed by atoms with E-state index in [0.29, 0.717) is 6.54 Å². The van der Waals surface area contributed by atoms with Gasteiger partial charge in [-0.25, -0.2) is 4.39 Å². The summed E-state index contributed by atoms with van der Waals surface area (Å²) in [5, 5.41) is 3.30. The molecule has 1 N–H and O–H groups in total. The second-order valence-corrected chi connectivity index (χ2v) is 5.58. The second kappa shape index (κ2) is 5.86. The first-order chi connectivity index (χ1) is 10.2. The first-order valence-electron chi connectivity index (χ1n) is 7.57. The third kappa shape index (κ3) is 2.54. The zero-order valence-electron chi connectivity index (χ0n) is 12.6. The number of hydrogen-bond acceptors (Lipinski definition) is 2. The van der Waals surface area contributed by atoms with Crippen LogP contribution in [0.5, 0.6) is 0 Å². The van der Waals surface area contributed by atoms with Gasteiger partial charge in [0.05, 0.1) is 5.69 Å². The predicted octanol–water partition coefficient (Wildman–Crippen LogP) is 4.02. The van der Waals surface area contributed by atoms with Crippen molar-refractivity contribution in [1.82, 2.24) is 5.32 Å². The van der Waals surface area contributed by atoms with E-state index in [1.54, 1.807) is 12.1 Å². The quantitative estimate of drug-likeness (QED) is 0.912. The first kappa shape index (κ1) is 14.1. The van der Waals surface area contributed by atoms with Crippen LogP contribution < -0.4 is 10.2 Å². The number of rotatable bonds is 4. The molecule has 3 rings (SSSR count). The molecule has 1 heterocycles. The predicted molar refractivity (Wildman–Crippen MR) is 85.5 cm³/mol. The van der Waals surface area contributed by atoms with Crippen molar-refractivity contribution in [2.45, 2.75) is 32.9 Å². The Morgan fingerprint density at radius 1 is 1.19 bits per heavy atom. The lowest BCUT2D eigenvalue weighted by molar-refractivity contribution is 0.611. The first-order valence-corrected chi connectivity index (χ1v) is 7.57. The molecule has 1 atom stereocenters. The van der Waals surface area contributed by atoms with Gasteiger partial charge in [0.15, 0.2) is 0 Å². The van der Waals surface area contributed by atoms with E-state index in [2.05, 4.69) is 42.3 Å². The summed E-state index contributed by atoms with van der Waals surface area (Å²) in [6.45, 7) is 5.79. The smallest absolute Gasteiger partial charge is 0.147 e. The number of benzene rings is 2. The molecule has 0 amide bonds. The number of nitrogens with one attached hydrogen (secondary N) is 1. The second-order valence-electron chi connectivity index (χ2n) is 5.58. The van der Waals surface area contributed by atoms with E-state index in [0.717, 1.165) is 29.9 Å². The molecule has 1 aliphatic heterocycles. The van der Waals surface area contributed by atoms with Crippen molar-refractivity contribution in [3.63, 3.8) is 0 Å². The van der Waals surface area contributed by atoms with Crippen LogP contribution in [0.15, 0.2) is 42.5 Å². The number of fused-ring (bicyclic) bond motifs is 1. The normalized spacial score (nSPS) is 17.1. The Bertz CT molecular complexity index is 639. The number of para-hydroxylation sites is 2. The SMILES string of the molecule is CCNCc1cccc(F)c1N1c2ccccc2CC1C. The Labute approximate surface area is 125 Å². The van der Waals surface area contributed by atoms with Crippen molar-refractivity contribution in [2.24, 2.45) is 0 Å². The minimum atomic E-state index is -0.144. The molecule has 0 radical (unpaired) electrons.